The highest BCUT2D eigenvalue weighted by atomic mass is 16.3. The summed E-state index contributed by atoms with van der Waals surface area (Å²) < 4.78 is 6.99. The Kier molecular flexibility index (Phi) is 4.31. The SMILES string of the molecule is CC(=O)Nc1ccn(C2CCN(C(=O)NCc3ccco3)C2)n1. The average molecular weight is 317 g/mol. The first-order chi connectivity index (χ1) is 11.1. The van der Waals surface area contributed by atoms with Crippen molar-refractivity contribution in [3.05, 3.63) is 36.4 Å². The van der Waals surface area contributed by atoms with E-state index in [4.69, 9.17) is 4.42 Å². The molecule has 1 saturated heterocycles. The molecule has 0 saturated carbocycles. The number of aromatic nitrogens is 2. The Morgan fingerprint density at radius 2 is 2.30 bits per heavy atom. The minimum atomic E-state index is -0.152. The lowest BCUT2D eigenvalue weighted by molar-refractivity contribution is -0.114. The van der Waals surface area contributed by atoms with Gasteiger partial charge in [0.2, 0.25) is 5.91 Å². The molecule has 23 heavy (non-hydrogen) atoms. The third-order valence-corrected chi connectivity index (χ3v) is 3.73. The van der Waals surface area contributed by atoms with E-state index in [2.05, 4.69) is 15.7 Å². The molecule has 1 aliphatic heterocycles. The normalized spacial score (nSPS) is 17.3. The highest BCUT2D eigenvalue weighted by Gasteiger charge is 2.28. The van der Waals surface area contributed by atoms with E-state index in [0.29, 0.717) is 25.5 Å². The molecule has 8 nitrogen and oxygen atoms in total. The van der Waals surface area contributed by atoms with Crippen LogP contribution in [0, 0.1) is 0 Å². The van der Waals surface area contributed by atoms with Crippen molar-refractivity contribution in [1.82, 2.24) is 20.0 Å². The fourth-order valence-corrected chi connectivity index (χ4v) is 2.62. The molecule has 1 fully saturated rings. The van der Waals surface area contributed by atoms with Crippen LogP contribution >= 0.6 is 0 Å². The van der Waals surface area contributed by atoms with E-state index < -0.39 is 0 Å². The second-order valence-electron chi connectivity index (χ2n) is 5.49. The molecule has 122 valence electrons. The van der Waals surface area contributed by atoms with E-state index in [9.17, 15) is 9.59 Å². The predicted octanol–water partition coefficient (Wildman–Crippen LogP) is 1.59. The summed E-state index contributed by atoms with van der Waals surface area (Å²) in [7, 11) is 0. The van der Waals surface area contributed by atoms with Gasteiger partial charge in [0.05, 0.1) is 18.8 Å². The van der Waals surface area contributed by atoms with Gasteiger partial charge in [-0.2, -0.15) is 5.10 Å². The molecule has 0 bridgehead atoms. The molecule has 2 aromatic rings. The van der Waals surface area contributed by atoms with Crippen LogP contribution < -0.4 is 10.6 Å². The maximum atomic E-state index is 12.2. The number of urea groups is 1. The molecule has 3 heterocycles. The molecule has 1 unspecified atom stereocenters. The van der Waals surface area contributed by atoms with Crippen LogP contribution in [-0.4, -0.2) is 39.7 Å². The van der Waals surface area contributed by atoms with E-state index in [-0.39, 0.29) is 18.0 Å². The van der Waals surface area contributed by atoms with Crippen LogP contribution in [0.1, 0.15) is 25.1 Å². The zero-order chi connectivity index (χ0) is 16.2. The van der Waals surface area contributed by atoms with Gasteiger partial charge in [-0.3, -0.25) is 9.48 Å². The molecule has 0 radical (unpaired) electrons. The van der Waals surface area contributed by atoms with E-state index in [1.165, 1.54) is 6.92 Å². The fraction of sp³-hybridized carbons (Fsp3) is 0.400. The molecule has 3 amide bonds. The highest BCUT2D eigenvalue weighted by Crippen LogP contribution is 2.22. The summed E-state index contributed by atoms with van der Waals surface area (Å²) >= 11 is 0. The number of hydrogen-bond donors (Lipinski definition) is 2. The molecule has 0 aliphatic carbocycles. The van der Waals surface area contributed by atoms with Gasteiger partial charge in [-0.25, -0.2) is 4.79 Å². The van der Waals surface area contributed by atoms with Crippen LogP contribution in [0.2, 0.25) is 0 Å². The van der Waals surface area contributed by atoms with Gasteiger partial charge in [0, 0.05) is 32.3 Å². The molecular formula is C15H19N5O3. The number of hydrogen-bond acceptors (Lipinski definition) is 4. The van der Waals surface area contributed by atoms with E-state index in [0.717, 1.165) is 12.2 Å². The van der Waals surface area contributed by atoms with Crippen LogP contribution in [0.15, 0.2) is 35.1 Å². The number of nitrogens with zero attached hydrogens (tertiary/aromatic N) is 3. The van der Waals surface area contributed by atoms with Crippen LogP contribution in [0.5, 0.6) is 0 Å². The third-order valence-electron chi connectivity index (χ3n) is 3.73. The van der Waals surface area contributed by atoms with Crippen molar-refractivity contribution in [2.45, 2.75) is 25.9 Å². The Labute approximate surface area is 133 Å². The molecule has 0 aromatic carbocycles. The number of likely N-dealkylation sites (tertiary alicyclic amines) is 1. The first-order valence-corrected chi connectivity index (χ1v) is 7.50. The Bertz CT molecular complexity index is 679. The van der Waals surface area contributed by atoms with Crippen molar-refractivity contribution in [2.24, 2.45) is 0 Å². The van der Waals surface area contributed by atoms with Crippen molar-refractivity contribution < 1.29 is 14.0 Å². The van der Waals surface area contributed by atoms with Gasteiger partial charge in [-0.1, -0.05) is 0 Å². The summed E-state index contributed by atoms with van der Waals surface area (Å²) in [5, 5.41) is 9.81. The van der Waals surface area contributed by atoms with Crippen molar-refractivity contribution in [2.75, 3.05) is 18.4 Å². The largest absolute Gasteiger partial charge is 0.467 e. The summed E-state index contributed by atoms with van der Waals surface area (Å²) in [5.41, 5.74) is 0. The maximum absolute atomic E-state index is 12.2. The van der Waals surface area contributed by atoms with Gasteiger partial charge in [-0.05, 0) is 18.6 Å². The second-order valence-corrected chi connectivity index (χ2v) is 5.49. The zero-order valence-corrected chi connectivity index (χ0v) is 12.9. The minimum absolute atomic E-state index is 0.113. The lowest BCUT2D eigenvalue weighted by Gasteiger charge is -2.17. The minimum Gasteiger partial charge on any atom is -0.467 e. The molecule has 3 rings (SSSR count). The van der Waals surface area contributed by atoms with E-state index in [1.54, 1.807) is 28.0 Å². The molecule has 1 aliphatic rings. The lowest BCUT2D eigenvalue weighted by Crippen LogP contribution is -2.38. The van der Waals surface area contributed by atoms with Crippen LogP contribution in [0.25, 0.3) is 0 Å². The summed E-state index contributed by atoms with van der Waals surface area (Å²) in [4.78, 5) is 24.9. The Balaban J connectivity index is 1.52. The predicted molar refractivity (Wildman–Crippen MR) is 82.7 cm³/mol. The van der Waals surface area contributed by atoms with Gasteiger partial charge in [0.15, 0.2) is 5.82 Å². The van der Waals surface area contributed by atoms with Crippen molar-refractivity contribution >= 4 is 17.8 Å². The van der Waals surface area contributed by atoms with E-state index >= 15 is 0 Å². The molecule has 8 heteroatoms. The van der Waals surface area contributed by atoms with Gasteiger partial charge in [-0.15, -0.1) is 0 Å². The van der Waals surface area contributed by atoms with Crippen molar-refractivity contribution in [3.8, 4) is 0 Å². The second kappa shape index (κ2) is 6.55. The quantitative estimate of drug-likeness (QED) is 0.895. The van der Waals surface area contributed by atoms with Crippen molar-refractivity contribution in [1.29, 1.82) is 0 Å². The Hall–Kier alpha value is -2.77. The number of carbonyl (C=O) groups excluding carboxylic acids is 2. The highest BCUT2D eigenvalue weighted by molar-refractivity contribution is 5.87. The first-order valence-electron chi connectivity index (χ1n) is 7.50. The number of furan rings is 1. The fourth-order valence-electron chi connectivity index (χ4n) is 2.62. The van der Waals surface area contributed by atoms with Gasteiger partial charge >= 0.3 is 6.03 Å². The van der Waals surface area contributed by atoms with Gasteiger partial charge in [0.1, 0.15) is 5.76 Å². The van der Waals surface area contributed by atoms with Crippen LogP contribution in [0.4, 0.5) is 10.6 Å². The van der Waals surface area contributed by atoms with Crippen LogP contribution in [0.3, 0.4) is 0 Å². The molecule has 0 spiro atoms. The summed E-state index contributed by atoms with van der Waals surface area (Å²) in [6.07, 6.45) is 4.23. The molecule has 1 atom stereocenters. The van der Waals surface area contributed by atoms with Gasteiger partial charge < -0.3 is 20.0 Å². The number of nitrogens with one attached hydrogen (secondary N) is 2. The maximum Gasteiger partial charge on any atom is 0.317 e. The van der Waals surface area contributed by atoms with E-state index in [1.807, 2.05) is 12.3 Å². The lowest BCUT2D eigenvalue weighted by atomic mass is 10.3. The standard InChI is InChI=1S/C15H19N5O3/c1-11(21)17-14-5-7-20(18-14)12-4-6-19(10-12)15(22)16-9-13-3-2-8-23-13/h2-3,5,7-8,12H,4,6,9-10H2,1H3,(H,16,22)(H,17,18,21). The Morgan fingerprint density at radius 3 is 3.04 bits per heavy atom. The van der Waals surface area contributed by atoms with Gasteiger partial charge in [0.25, 0.3) is 0 Å². The summed E-state index contributed by atoms with van der Waals surface area (Å²) in [5.74, 6) is 1.10. The van der Waals surface area contributed by atoms with Crippen LogP contribution in [-0.2, 0) is 11.3 Å². The monoisotopic (exact) mass is 317 g/mol. The topological polar surface area (TPSA) is 92.4 Å². The molecule has 2 N–H and O–H groups in total. The smallest absolute Gasteiger partial charge is 0.317 e. The summed E-state index contributed by atoms with van der Waals surface area (Å²) in [6.45, 7) is 3.08. The third kappa shape index (κ3) is 3.71. The molecular weight excluding hydrogens is 298 g/mol. The first kappa shape index (κ1) is 15.1. The Morgan fingerprint density at radius 1 is 1.43 bits per heavy atom. The number of carbonyl (C=O) groups is 2. The number of amides is 3. The number of rotatable bonds is 4. The summed E-state index contributed by atoms with van der Waals surface area (Å²) in [6, 6.07) is 5.36. The average Bonchev–Trinajstić information content (AvgIpc) is 3.24. The molecule has 2 aromatic heterocycles. The zero-order valence-electron chi connectivity index (χ0n) is 12.9. The number of anilines is 1. The van der Waals surface area contributed by atoms with Crippen molar-refractivity contribution in [3.63, 3.8) is 0 Å².